The van der Waals surface area contributed by atoms with Gasteiger partial charge in [-0.3, -0.25) is 4.98 Å². The first-order valence-corrected chi connectivity index (χ1v) is 11.3. The van der Waals surface area contributed by atoms with E-state index in [0.29, 0.717) is 29.6 Å². The molecule has 0 N–H and O–H groups in total. The van der Waals surface area contributed by atoms with Gasteiger partial charge in [0.15, 0.2) is 5.82 Å². The van der Waals surface area contributed by atoms with Gasteiger partial charge in [0.05, 0.1) is 11.4 Å². The number of hydrogen-bond acceptors (Lipinski definition) is 7. The molecule has 34 heavy (non-hydrogen) atoms. The third kappa shape index (κ3) is 3.87. The fourth-order valence-corrected chi connectivity index (χ4v) is 4.45. The number of para-hydroxylation sites is 1. The zero-order valence-corrected chi connectivity index (χ0v) is 18.3. The minimum absolute atomic E-state index is 0.0571. The van der Waals surface area contributed by atoms with Gasteiger partial charge in [0, 0.05) is 42.0 Å². The van der Waals surface area contributed by atoms with E-state index in [4.69, 9.17) is 14.5 Å². The van der Waals surface area contributed by atoms with Crippen LogP contribution in [0.15, 0.2) is 77.6 Å². The van der Waals surface area contributed by atoms with Crippen LogP contribution < -0.4 is 4.90 Å². The van der Waals surface area contributed by atoms with Gasteiger partial charge in [-0.15, -0.1) is 0 Å². The van der Waals surface area contributed by atoms with Gasteiger partial charge in [-0.2, -0.15) is 4.98 Å². The maximum Gasteiger partial charge on any atom is 0.231 e. The van der Waals surface area contributed by atoms with E-state index in [2.05, 4.69) is 26.1 Å². The van der Waals surface area contributed by atoms with Crippen molar-refractivity contribution in [2.45, 2.75) is 18.8 Å². The second-order valence-electron chi connectivity index (χ2n) is 8.38. The molecule has 0 aliphatic carbocycles. The van der Waals surface area contributed by atoms with E-state index in [1.807, 2.05) is 30.3 Å². The molecule has 1 atom stereocenters. The summed E-state index contributed by atoms with van der Waals surface area (Å²) >= 11 is 0. The number of rotatable bonds is 4. The van der Waals surface area contributed by atoms with Crippen molar-refractivity contribution < 1.29 is 8.91 Å². The number of piperidine rings is 1. The predicted octanol–water partition coefficient (Wildman–Crippen LogP) is 5.26. The Balaban J connectivity index is 1.34. The molecule has 1 aliphatic heterocycles. The molecule has 8 heteroatoms. The number of hydrogen-bond donors (Lipinski definition) is 0. The molecule has 1 aliphatic rings. The molecule has 0 amide bonds. The summed E-state index contributed by atoms with van der Waals surface area (Å²) in [4.78, 5) is 20.7. The number of benzene rings is 2. The van der Waals surface area contributed by atoms with Crippen molar-refractivity contribution in [3.05, 3.63) is 84.8 Å². The molecule has 7 nitrogen and oxygen atoms in total. The summed E-state index contributed by atoms with van der Waals surface area (Å²) < 4.78 is 19.2. The van der Waals surface area contributed by atoms with Gasteiger partial charge in [-0.05, 0) is 49.2 Å². The summed E-state index contributed by atoms with van der Waals surface area (Å²) in [6, 6.07) is 18.1. The number of aromatic nitrogens is 5. The second kappa shape index (κ2) is 8.62. The maximum absolute atomic E-state index is 13.6. The molecule has 1 fully saturated rings. The van der Waals surface area contributed by atoms with Gasteiger partial charge < -0.3 is 9.42 Å². The van der Waals surface area contributed by atoms with Crippen LogP contribution in [0.4, 0.5) is 10.2 Å². The van der Waals surface area contributed by atoms with E-state index < -0.39 is 0 Å². The van der Waals surface area contributed by atoms with Crippen LogP contribution in [0.1, 0.15) is 24.7 Å². The molecular weight excluding hydrogens is 431 g/mol. The summed E-state index contributed by atoms with van der Waals surface area (Å²) in [5.74, 6) is 2.27. The lowest BCUT2D eigenvalue weighted by Crippen LogP contribution is -2.35. The van der Waals surface area contributed by atoms with E-state index in [-0.39, 0.29) is 11.7 Å². The molecule has 5 aromatic rings. The Morgan fingerprint density at radius 1 is 0.882 bits per heavy atom. The van der Waals surface area contributed by atoms with Crippen LogP contribution in [-0.4, -0.2) is 38.2 Å². The van der Waals surface area contributed by atoms with Gasteiger partial charge in [-0.1, -0.05) is 29.4 Å². The van der Waals surface area contributed by atoms with Gasteiger partial charge in [0.1, 0.15) is 11.6 Å². The maximum atomic E-state index is 13.6. The number of fused-ring (bicyclic) bond motifs is 1. The Kier molecular flexibility index (Phi) is 5.18. The molecule has 4 heterocycles. The monoisotopic (exact) mass is 452 g/mol. The standard InChI is InChI=1S/C26H21FN6O/c27-20-7-3-5-18(15-20)24-31-26(34-32-24)19-6-4-14-33(16-19)25-21-8-1-2-9-22(21)29-23(30-25)17-10-12-28-13-11-17/h1-3,5,7-13,15,19H,4,6,14,16H2. The van der Waals surface area contributed by atoms with E-state index >= 15 is 0 Å². The minimum Gasteiger partial charge on any atom is -0.355 e. The van der Waals surface area contributed by atoms with Gasteiger partial charge in [0.25, 0.3) is 0 Å². The molecule has 0 bridgehead atoms. The van der Waals surface area contributed by atoms with Crippen LogP contribution in [0.25, 0.3) is 33.7 Å². The quantitative estimate of drug-likeness (QED) is 0.368. The van der Waals surface area contributed by atoms with Crippen molar-refractivity contribution in [1.29, 1.82) is 0 Å². The van der Waals surface area contributed by atoms with E-state index in [9.17, 15) is 4.39 Å². The molecule has 0 spiro atoms. The first-order chi connectivity index (χ1) is 16.7. The topological polar surface area (TPSA) is 80.8 Å². The zero-order valence-electron chi connectivity index (χ0n) is 18.3. The molecule has 2 aromatic carbocycles. The average Bonchev–Trinajstić information content (AvgIpc) is 3.39. The van der Waals surface area contributed by atoms with Crippen LogP contribution in [0.5, 0.6) is 0 Å². The Hall–Kier alpha value is -4.20. The lowest BCUT2D eigenvalue weighted by Gasteiger charge is -2.32. The third-order valence-corrected chi connectivity index (χ3v) is 6.12. The number of nitrogens with zero attached hydrogens (tertiary/aromatic N) is 6. The van der Waals surface area contributed by atoms with Crippen molar-refractivity contribution in [2.24, 2.45) is 0 Å². The molecular formula is C26H21FN6O. The normalized spacial score (nSPS) is 16.1. The highest BCUT2D eigenvalue weighted by molar-refractivity contribution is 5.91. The van der Waals surface area contributed by atoms with Gasteiger partial charge >= 0.3 is 0 Å². The van der Waals surface area contributed by atoms with E-state index in [1.54, 1.807) is 24.5 Å². The second-order valence-corrected chi connectivity index (χ2v) is 8.38. The van der Waals surface area contributed by atoms with Crippen molar-refractivity contribution in [3.63, 3.8) is 0 Å². The first kappa shape index (κ1) is 20.4. The van der Waals surface area contributed by atoms with Crippen molar-refractivity contribution in [3.8, 4) is 22.8 Å². The highest BCUT2D eigenvalue weighted by atomic mass is 19.1. The zero-order chi connectivity index (χ0) is 22.9. The van der Waals surface area contributed by atoms with Crippen molar-refractivity contribution in [2.75, 3.05) is 18.0 Å². The average molecular weight is 452 g/mol. The fraction of sp³-hybridized carbons (Fsp3) is 0.192. The summed E-state index contributed by atoms with van der Waals surface area (Å²) in [6.07, 6.45) is 5.39. The molecule has 0 saturated carbocycles. The summed E-state index contributed by atoms with van der Waals surface area (Å²) in [5, 5.41) is 5.11. The van der Waals surface area contributed by atoms with Gasteiger partial charge in [-0.25, -0.2) is 14.4 Å². The predicted molar refractivity (Wildman–Crippen MR) is 127 cm³/mol. The summed E-state index contributed by atoms with van der Waals surface area (Å²) in [7, 11) is 0. The highest BCUT2D eigenvalue weighted by Gasteiger charge is 2.28. The minimum atomic E-state index is -0.326. The van der Waals surface area contributed by atoms with E-state index in [0.717, 1.165) is 41.7 Å². The summed E-state index contributed by atoms with van der Waals surface area (Å²) in [5.41, 5.74) is 2.42. The van der Waals surface area contributed by atoms with Crippen LogP contribution >= 0.6 is 0 Å². The highest BCUT2D eigenvalue weighted by Crippen LogP contribution is 2.33. The first-order valence-electron chi connectivity index (χ1n) is 11.3. The van der Waals surface area contributed by atoms with Crippen LogP contribution in [-0.2, 0) is 0 Å². The largest absolute Gasteiger partial charge is 0.355 e. The van der Waals surface area contributed by atoms with Crippen LogP contribution in [0, 0.1) is 5.82 Å². The smallest absolute Gasteiger partial charge is 0.231 e. The van der Waals surface area contributed by atoms with Crippen LogP contribution in [0.3, 0.4) is 0 Å². The molecule has 1 saturated heterocycles. The van der Waals surface area contributed by atoms with Crippen molar-refractivity contribution in [1.82, 2.24) is 25.1 Å². The third-order valence-electron chi connectivity index (χ3n) is 6.12. The Bertz CT molecular complexity index is 1450. The Morgan fingerprint density at radius 2 is 1.76 bits per heavy atom. The fourth-order valence-electron chi connectivity index (χ4n) is 4.45. The Labute approximate surface area is 195 Å². The number of pyridine rings is 1. The molecule has 6 rings (SSSR count). The summed E-state index contributed by atoms with van der Waals surface area (Å²) in [6.45, 7) is 1.57. The lowest BCUT2D eigenvalue weighted by molar-refractivity contribution is 0.333. The van der Waals surface area contributed by atoms with Crippen molar-refractivity contribution >= 4 is 16.7 Å². The van der Waals surface area contributed by atoms with Gasteiger partial charge in [0.2, 0.25) is 11.7 Å². The number of anilines is 1. The SMILES string of the molecule is Fc1cccc(-c2noc(C3CCCN(c4nc(-c5ccncc5)nc5ccccc45)C3)n2)c1. The van der Waals surface area contributed by atoms with E-state index in [1.165, 1.54) is 12.1 Å². The lowest BCUT2D eigenvalue weighted by atomic mass is 9.97. The molecule has 168 valence electrons. The number of halogens is 1. The molecule has 3 aromatic heterocycles. The van der Waals surface area contributed by atoms with Crippen LogP contribution in [0.2, 0.25) is 0 Å². The molecule has 1 unspecified atom stereocenters. The Morgan fingerprint density at radius 3 is 2.65 bits per heavy atom. The molecule has 0 radical (unpaired) electrons.